The van der Waals surface area contributed by atoms with Crippen molar-refractivity contribution in [3.8, 4) is 0 Å². The Bertz CT molecular complexity index is 358. The summed E-state index contributed by atoms with van der Waals surface area (Å²) >= 11 is 10.3. The second-order valence-electron chi connectivity index (χ2n) is 3.07. The molecule has 1 amide bonds. The average molecular weight is 297 g/mol. The Kier molecular flexibility index (Phi) is 3.04. The van der Waals surface area contributed by atoms with Crippen LogP contribution in [0.1, 0.15) is 6.42 Å². The third-order valence-corrected chi connectivity index (χ3v) is 4.00. The smallest absolute Gasteiger partial charge is 0.229 e. The van der Waals surface area contributed by atoms with Gasteiger partial charge in [-0.3, -0.25) is 9.69 Å². The monoisotopic (exact) mass is 295 g/mol. The summed E-state index contributed by atoms with van der Waals surface area (Å²) in [6.07, 6.45) is 0.572. The maximum absolute atomic E-state index is 11.6. The minimum atomic E-state index is 0.0993. The lowest BCUT2D eigenvalue weighted by Crippen LogP contribution is -2.24. The maximum Gasteiger partial charge on any atom is 0.229 e. The van der Waals surface area contributed by atoms with Crippen molar-refractivity contribution in [1.82, 2.24) is 10.2 Å². The minimum absolute atomic E-state index is 0.0993. The molecule has 76 valence electrons. The molecule has 0 radical (unpaired) electrons. The van der Waals surface area contributed by atoms with Crippen molar-refractivity contribution in [2.24, 2.45) is 5.92 Å². The zero-order chi connectivity index (χ0) is 10.1. The molecule has 2 heterocycles. The Morgan fingerprint density at radius 1 is 1.64 bits per heavy atom. The zero-order valence-electron chi connectivity index (χ0n) is 7.11. The van der Waals surface area contributed by atoms with E-state index in [1.807, 2.05) is 0 Å². The Morgan fingerprint density at radius 3 is 2.93 bits per heavy atom. The van der Waals surface area contributed by atoms with Gasteiger partial charge in [0.25, 0.3) is 0 Å². The van der Waals surface area contributed by atoms with Crippen LogP contribution in [0, 0.1) is 5.92 Å². The number of halogens is 2. The van der Waals surface area contributed by atoms with Crippen LogP contribution in [0.25, 0.3) is 0 Å². The van der Waals surface area contributed by atoms with Gasteiger partial charge in [-0.1, -0.05) is 27.3 Å². The molecule has 7 heteroatoms. The van der Waals surface area contributed by atoms with Crippen LogP contribution in [0.2, 0.25) is 4.47 Å². The van der Waals surface area contributed by atoms with Gasteiger partial charge >= 0.3 is 0 Å². The van der Waals surface area contributed by atoms with Gasteiger partial charge in [0.05, 0.1) is 0 Å². The Hall–Kier alpha value is -0.200. The highest BCUT2D eigenvalue weighted by Gasteiger charge is 2.31. The van der Waals surface area contributed by atoms with Gasteiger partial charge in [0.2, 0.25) is 15.5 Å². The molecule has 1 aliphatic rings. The van der Waals surface area contributed by atoms with E-state index in [0.29, 0.717) is 28.5 Å². The number of aromatic nitrogens is 2. The molecule has 0 aromatic carbocycles. The van der Waals surface area contributed by atoms with Gasteiger partial charge in [0.15, 0.2) is 0 Å². The van der Waals surface area contributed by atoms with Crippen molar-refractivity contribution in [3.63, 3.8) is 0 Å². The summed E-state index contributed by atoms with van der Waals surface area (Å²) in [5, 5.41) is 8.95. The topological polar surface area (TPSA) is 46.1 Å². The van der Waals surface area contributed by atoms with Gasteiger partial charge in [0.1, 0.15) is 0 Å². The number of hydrogen-bond donors (Lipinski definition) is 0. The quantitative estimate of drug-likeness (QED) is 0.784. The maximum atomic E-state index is 11.6. The summed E-state index contributed by atoms with van der Waals surface area (Å²) in [4.78, 5) is 13.2. The average Bonchev–Trinajstić information content (AvgIpc) is 2.71. The van der Waals surface area contributed by atoms with E-state index in [4.69, 9.17) is 11.6 Å². The van der Waals surface area contributed by atoms with Crippen LogP contribution in [0.4, 0.5) is 5.13 Å². The lowest BCUT2D eigenvalue weighted by molar-refractivity contribution is -0.117. The Balaban J connectivity index is 2.16. The molecule has 0 spiro atoms. The normalized spacial score (nSPS) is 22.0. The summed E-state index contributed by atoms with van der Waals surface area (Å²) in [5.41, 5.74) is 0. The van der Waals surface area contributed by atoms with Crippen LogP contribution in [0.5, 0.6) is 0 Å². The predicted molar refractivity (Wildman–Crippen MR) is 59.2 cm³/mol. The highest BCUT2D eigenvalue weighted by atomic mass is 79.9. The van der Waals surface area contributed by atoms with Gasteiger partial charge in [-0.15, -0.1) is 10.2 Å². The summed E-state index contributed by atoms with van der Waals surface area (Å²) in [7, 11) is 0. The van der Waals surface area contributed by atoms with E-state index in [-0.39, 0.29) is 5.91 Å². The fourth-order valence-electron chi connectivity index (χ4n) is 1.38. The number of carbonyl (C=O) groups excluding carboxylic acids is 1. The minimum Gasteiger partial charge on any atom is -0.286 e. The molecule has 1 aromatic heterocycles. The van der Waals surface area contributed by atoms with Gasteiger partial charge in [-0.2, -0.15) is 0 Å². The van der Waals surface area contributed by atoms with Crippen LogP contribution in [0.3, 0.4) is 0 Å². The van der Waals surface area contributed by atoms with E-state index in [0.717, 1.165) is 5.33 Å². The molecule has 14 heavy (non-hydrogen) atoms. The van der Waals surface area contributed by atoms with Crippen LogP contribution >= 0.6 is 38.9 Å². The number of alkyl halides is 1. The highest BCUT2D eigenvalue weighted by Crippen LogP contribution is 2.29. The molecule has 0 aliphatic carbocycles. The first-order chi connectivity index (χ1) is 6.70. The standard InChI is InChI=1S/C7H7BrClN3OS/c8-2-4-1-5(13)12(3-4)7-11-10-6(9)14-7/h4H,1-3H2. The number of carbonyl (C=O) groups is 1. The zero-order valence-corrected chi connectivity index (χ0v) is 10.3. The van der Waals surface area contributed by atoms with Crippen LogP contribution in [-0.4, -0.2) is 28.0 Å². The van der Waals surface area contributed by atoms with E-state index in [1.54, 1.807) is 4.90 Å². The first-order valence-electron chi connectivity index (χ1n) is 4.06. The lowest BCUT2D eigenvalue weighted by Gasteiger charge is -2.10. The molecule has 1 fully saturated rings. The fourth-order valence-corrected chi connectivity index (χ4v) is 2.66. The van der Waals surface area contributed by atoms with Crippen LogP contribution in [-0.2, 0) is 4.79 Å². The van der Waals surface area contributed by atoms with Gasteiger partial charge < -0.3 is 0 Å². The van der Waals surface area contributed by atoms with Crippen molar-refractivity contribution in [3.05, 3.63) is 4.47 Å². The van der Waals surface area contributed by atoms with Crippen LogP contribution in [0.15, 0.2) is 0 Å². The summed E-state index contributed by atoms with van der Waals surface area (Å²) < 4.78 is 0.370. The van der Waals surface area contributed by atoms with Gasteiger partial charge in [-0.05, 0) is 17.5 Å². The van der Waals surface area contributed by atoms with Crippen molar-refractivity contribution in [2.45, 2.75) is 6.42 Å². The molecule has 1 aromatic rings. The molecule has 0 N–H and O–H groups in total. The molecule has 2 rings (SSSR count). The Morgan fingerprint density at radius 2 is 2.43 bits per heavy atom. The largest absolute Gasteiger partial charge is 0.286 e. The highest BCUT2D eigenvalue weighted by molar-refractivity contribution is 9.09. The predicted octanol–water partition coefficient (Wildman–Crippen LogP) is 1.94. The molecule has 4 nitrogen and oxygen atoms in total. The van der Waals surface area contributed by atoms with Crippen molar-refractivity contribution in [2.75, 3.05) is 16.8 Å². The van der Waals surface area contributed by atoms with Crippen molar-refractivity contribution < 1.29 is 4.79 Å². The van der Waals surface area contributed by atoms with Gasteiger partial charge in [-0.25, -0.2) is 0 Å². The number of hydrogen-bond acceptors (Lipinski definition) is 4. The number of amides is 1. The summed E-state index contributed by atoms with van der Waals surface area (Å²) in [5.74, 6) is 0.465. The van der Waals surface area contributed by atoms with E-state index in [1.165, 1.54) is 11.3 Å². The lowest BCUT2D eigenvalue weighted by atomic mass is 10.2. The third kappa shape index (κ3) is 1.92. The molecule has 1 aliphatic heterocycles. The number of nitrogens with zero attached hydrogens (tertiary/aromatic N) is 3. The third-order valence-electron chi connectivity index (χ3n) is 2.04. The van der Waals surface area contributed by atoms with Crippen molar-refractivity contribution >= 4 is 49.9 Å². The summed E-state index contributed by atoms with van der Waals surface area (Å²) in [6.45, 7) is 0.704. The molecule has 1 atom stereocenters. The molecular formula is C7H7BrClN3OS. The van der Waals surface area contributed by atoms with E-state index in [2.05, 4.69) is 26.1 Å². The molecule has 0 saturated carbocycles. The molecule has 0 bridgehead atoms. The molecule has 1 saturated heterocycles. The Labute approximate surface area is 98.4 Å². The van der Waals surface area contributed by atoms with E-state index < -0.39 is 0 Å². The first kappa shape index (κ1) is 10.3. The number of rotatable bonds is 2. The summed E-state index contributed by atoms with van der Waals surface area (Å²) in [6, 6.07) is 0. The first-order valence-corrected chi connectivity index (χ1v) is 6.37. The fraction of sp³-hybridized carbons (Fsp3) is 0.571. The van der Waals surface area contributed by atoms with E-state index >= 15 is 0 Å². The molecule has 1 unspecified atom stereocenters. The van der Waals surface area contributed by atoms with Gasteiger partial charge in [0, 0.05) is 18.3 Å². The van der Waals surface area contributed by atoms with E-state index in [9.17, 15) is 4.79 Å². The van der Waals surface area contributed by atoms with Crippen LogP contribution < -0.4 is 4.90 Å². The van der Waals surface area contributed by atoms with Crippen molar-refractivity contribution in [1.29, 1.82) is 0 Å². The SMILES string of the molecule is O=C1CC(CBr)CN1c1nnc(Cl)s1. The molecular weight excluding hydrogens is 290 g/mol. The second-order valence-corrected chi connectivity index (χ2v) is 5.25. The second kappa shape index (κ2) is 4.12. The number of anilines is 1.